The van der Waals surface area contributed by atoms with Gasteiger partial charge in [-0.2, -0.15) is 9.98 Å². The van der Waals surface area contributed by atoms with Crippen LogP contribution >= 0.6 is 0 Å². The summed E-state index contributed by atoms with van der Waals surface area (Å²) in [6.45, 7) is 1.76. The number of benzene rings is 1. The summed E-state index contributed by atoms with van der Waals surface area (Å²) in [4.78, 5) is 37.8. The van der Waals surface area contributed by atoms with Crippen LogP contribution in [0.2, 0.25) is 0 Å². The van der Waals surface area contributed by atoms with E-state index in [0.29, 0.717) is 11.3 Å². The molecule has 1 aromatic carbocycles. The molecule has 0 fully saturated rings. The van der Waals surface area contributed by atoms with E-state index in [9.17, 15) is 14.4 Å². The molecule has 0 spiro atoms. The summed E-state index contributed by atoms with van der Waals surface area (Å²) in [6.07, 6.45) is 2.69. The zero-order valence-corrected chi connectivity index (χ0v) is 9.58. The third-order valence-electron chi connectivity index (χ3n) is 2.36. The van der Waals surface area contributed by atoms with Crippen LogP contribution in [0.5, 0.6) is 0 Å². The molecule has 0 saturated heterocycles. The minimum Gasteiger partial charge on any atom is -0.480 e. The molecule has 0 radical (unpaired) electrons. The molecule has 0 aliphatic carbocycles. The molecule has 1 unspecified atom stereocenters. The van der Waals surface area contributed by atoms with Gasteiger partial charge in [0.1, 0.15) is 0 Å². The highest BCUT2D eigenvalue weighted by Crippen LogP contribution is 2.20. The van der Waals surface area contributed by atoms with Crippen LogP contribution in [0.3, 0.4) is 0 Å². The first-order chi connectivity index (χ1) is 8.58. The number of aliphatic carboxylic acids is 1. The number of isocyanates is 2. The molecule has 1 atom stereocenters. The van der Waals surface area contributed by atoms with Crippen molar-refractivity contribution < 1.29 is 19.5 Å². The van der Waals surface area contributed by atoms with E-state index in [-0.39, 0.29) is 6.42 Å². The summed E-state index contributed by atoms with van der Waals surface area (Å²) < 4.78 is 0. The second kappa shape index (κ2) is 6.25. The monoisotopic (exact) mass is 246 g/mol. The minimum atomic E-state index is -1.21. The third kappa shape index (κ3) is 3.49. The number of hydrogen-bond acceptors (Lipinski definition) is 5. The Morgan fingerprint density at radius 3 is 2.67 bits per heavy atom. The molecule has 0 amide bonds. The molecule has 1 N–H and O–H groups in total. The molecule has 0 aliphatic rings. The average Bonchev–Trinajstić information content (AvgIpc) is 2.33. The van der Waals surface area contributed by atoms with Gasteiger partial charge in [-0.05, 0) is 24.1 Å². The predicted octanol–water partition coefficient (Wildman–Crippen LogP) is 1.29. The van der Waals surface area contributed by atoms with Crippen LogP contribution in [0.1, 0.15) is 11.1 Å². The molecule has 0 bridgehead atoms. The Hall–Kier alpha value is -2.55. The molecule has 92 valence electrons. The van der Waals surface area contributed by atoms with Crippen LogP contribution < -0.4 is 0 Å². The maximum Gasteiger partial charge on any atom is 0.329 e. The number of nitrogens with zero attached hydrogens (tertiary/aromatic N) is 2. The summed E-state index contributed by atoms with van der Waals surface area (Å²) in [5, 5.41) is 8.83. The molecule has 6 nitrogen and oxygen atoms in total. The summed E-state index contributed by atoms with van der Waals surface area (Å²) in [7, 11) is 0. The fourth-order valence-electron chi connectivity index (χ4n) is 1.43. The quantitative estimate of drug-likeness (QED) is 0.625. The second-order valence-electron chi connectivity index (χ2n) is 3.60. The summed E-state index contributed by atoms with van der Waals surface area (Å²) in [5.41, 5.74) is 1.80. The lowest BCUT2D eigenvalue weighted by Gasteiger charge is -2.07. The van der Waals surface area contributed by atoms with E-state index in [4.69, 9.17) is 5.11 Å². The van der Waals surface area contributed by atoms with Gasteiger partial charge in [0.05, 0.1) is 5.69 Å². The maximum atomic E-state index is 10.8. The van der Waals surface area contributed by atoms with Crippen molar-refractivity contribution in [2.45, 2.75) is 19.4 Å². The van der Waals surface area contributed by atoms with E-state index < -0.39 is 12.0 Å². The standard InChI is InChI=1S/C12H10N2O4/c1-8-2-3-9(4-10(8)13-6-15)5-11(12(17)18)14-7-16/h2-4,11H,5H2,1H3,(H,17,18). The van der Waals surface area contributed by atoms with Crippen LogP contribution in [-0.4, -0.2) is 29.3 Å². The van der Waals surface area contributed by atoms with Crippen molar-refractivity contribution in [2.75, 3.05) is 0 Å². The second-order valence-corrected chi connectivity index (χ2v) is 3.60. The Bertz CT molecular complexity index is 553. The van der Waals surface area contributed by atoms with Crippen molar-refractivity contribution in [3.05, 3.63) is 29.3 Å². The van der Waals surface area contributed by atoms with Gasteiger partial charge in [0.2, 0.25) is 12.2 Å². The topological polar surface area (TPSA) is 96.2 Å². The summed E-state index contributed by atoms with van der Waals surface area (Å²) in [5.74, 6) is -1.21. The van der Waals surface area contributed by atoms with Crippen LogP contribution in [0, 0.1) is 6.92 Å². The van der Waals surface area contributed by atoms with Crippen molar-refractivity contribution in [1.82, 2.24) is 0 Å². The van der Waals surface area contributed by atoms with Gasteiger partial charge in [0.25, 0.3) is 0 Å². The fraction of sp³-hybridized carbons (Fsp3) is 0.250. The van der Waals surface area contributed by atoms with Gasteiger partial charge in [-0.1, -0.05) is 12.1 Å². The van der Waals surface area contributed by atoms with Gasteiger partial charge in [0, 0.05) is 6.42 Å². The Morgan fingerprint density at radius 2 is 2.11 bits per heavy atom. The van der Waals surface area contributed by atoms with Crippen LogP contribution in [0.4, 0.5) is 5.69 Å². The largest absolute Gasteiger partial charge is 0.480 e. The zero-order chi connectivity index (χ0) is 13.5. The van der Waals surface area contributed by atoms with Crippen LogP contribution in [0.25, 0.3) is 0 Å². The van der Waals surface area contributed by atoms with Crippen molar-refractivity contribution in [1.29, 1.82) is 0 Å². The van der Waals surface area contributed by atoms with Crippen molar-refractivity contribution >= 4 is 23.8 Å². The molecule has 18 heavy (non-hydrogen) atoms. The SMILES string of the molecule is Cc1ccc(CC(N=C=O)C(=O)O)cc1N=C=O. The molecular weight excluding hydrogens is 236 g/mol. The van der Waals surface area contributed by atoms with Crippen LogP contribution in [-0.2, 0) is 20.8 Å². The van der Waals surface area contributed by atoms with Gasteiger partial charge in [-0.3, -0.25) is 0 Å². The third-order valence-corrected chi connectivity index (χ3v) is 2.36. The van der Waals surface area contributed by atoms with Gasteiger partial charge in [-0.15, -0.1) is 0 Å². The Balaban J connectivity index is 3.03. The number of rotatable bonds is 5. The lowest BCUT2D eigenvalue weighted by atomic mass is 10.0. The molecule has 1 rings (SSSR count). The van der Waals surface area contributed by atoms with Gasteiger partial charge in [-0.25, -0.2) is 14.4 Å². The van der Waals surface area contributed by atoms with Gasteiger partial charge >= 0.3 is 5.97 Å². The minimum absolute atomic E-state index is 0.0340. The number of aliphatic imine (C=N–C) groups is 2. The van der Waals surface area contributed by atoms with E-state index in [0.717, 1.165) is 5.56 Å². The van der Waals surface area contributed by atoms with E-state index in [1.807, 2.05) is 0 Å². The smallest absolute Gasteiger partial charge is 0.329 e. The molecule has 0 heterocycles. The fourth-order valence-corrected chi connectivity index (χ4v) is 1.43. The van der Waals surface area contributed by atoms with Gasteiger partial charge < -0.3 is 5.11 Å². The van der Waals surface area contributed by atoms with Gasteiger partial charge in [0.15, 0.2) is 6.04 Å². The highest BCUT2D eigenvalue weighted by atomic mass is 16.4. The summed E-state index contributed by atoms with van der Waals surface area (Å²) in [6, 6.07) is 3.78. The number of aryl methyl sites for hydroxylation is 1. The Labute approximate surface area is 103 Å². The highest BCUT2D eigenvalue weighted by Gasteiger charge is 2.17. The lowest BCUT2D eigenvalue weighted by Crippen LogP contribution is -2.20. The van der Waals surface area contributed by atoms with E-state index >= 15 is 0 Å². The van der Waals surface area contributed by atoms with Crippen molar-refractivity contribution in [3.8, 4) is 0 Å². The number of carboxylic acid groups (broad SMARTS) is 1. The molecule has 0 aliphatic heterocycles. The van der Waals surface area contributed by atoms with Crippen molar-refractivity contribution in [3.63, 3.8) is 0 Å². The average molecular weight is 246 g/mol. The number of carboxylic acids is 1. The van der Waals surface area contributed by atoms with E-state index in [2.05, 4.69) is 9.98 Å². The van der Waals surface area contributed by atoms with Crippen LogP contribution in [0.15, 0.2) is 28.2 Å². The Kier molecular flexibility index (Phi) is 4.69. The van der Waals surface area contributed by atoms with E-state index in [1.54, 1.807) is 25.1 Å². The summed E-state index contributed by atoms with van der Waals surface area (Å²) >= 11 is 0. The molecule has 0 saturated carbocycles. The molecule has 1 aromatic rings. The first-order valence-electron chi connectivity index (χ1n) is 5.05. The molecule has 6 heteroatoms. The first-order valence-corrected chi connectivity index (χ1v) is 5.05. The Morgan fingerprint density at radius 1 is 1.39 bits per heavy atom. The lowest BCUT2D eigenvalue weighted by molar-refractivity contribution is -0.138. The predicted molar refractivity (Wildman–Crippen MR) is 62.2 cm³/mol. The first kappa shape index (κ1) is 13.5. The number of carbonyl (C=O) groups excluding carboxylic acids is 2. The van der Waals surface area contributed by atoms with Crippen molar-refractivity contribution in [2.24, 2.45) is 9.98 Å². The molecule has 0 aromatic heterocycles. The molecular formula is C12H10N2O4. The zero-order valence-electron chi connectivity index (χ0n) is 9.58. The van der Waals surface area contributed by atoms with E-state index in [1.165, 1.54) is 12.2 Å². The normalized spacial score (nSPS) is 10.9. The maximum absolute atomic E-state index is 10.8. The number of carbonyl (C=O) groups is 1. The number of hydrogen-bond donors (Lipinski definition) is 1. The highest BCUT2D eigenvalue weighted by molar-refractivity contribution is 5.75.